The number of benzene rings is 1. The molecule has 0 radical (unpaired) electrons. The molecular weight excluding hydrogens is 227 g/mol. The lowest BCUT2D eigenvalue weighted by Gasteiger charge is -2.00. The van der Waals surface area contributed by atoms with Crippen LogP contribution in [-0.2, 0) is 11.3 Å². The summed E-state index contributed by atoms with van der Waals surface area (Å²) in [6.45, 7) is 0.604. The first-order chi connectivity index (χ1) is 5.24. The third-order valence-electron chi connectivity index (χ3n) is 1.30. The van der Waals surface area contributed by atoms with Crippen molar-refractivity contribution in [2.24, 2.45) is 0 Å². The minimum Gasteiger partial charge on any atom is -0.380 e. The summed E-state index contributed by atoms with van der Waals surface area (Å²) in [5.41, 5.74) is 1.08. The van der Waals surface area contributed by atoms with Crippen molar-refractivity contribution in [1.82, 2.24) is 0 Å². The van der Waals surface area contributed by atoms with Gasteiger partial charge in [-0.05, 0) is 33.6 Å². The van der Waals surface area contributed by atoms with E-state index in [1.54, 1.807) is 7.11 Å². The van der Waals surface area contributed by atoms with Gasteiger partial charge in [-0.1, -0.05) is 17.7 Å². The zero-order valence-corrected chi connectivity index (χ0v) is 8.45. The summed E-state index contributed by atoms with van der Waals surface area (Å²) in [4.78, 5) is 0. The van der Waals surface area contributed by atoms with Gasteiger partial charge in [0.1, 0.15) is 0 Å². The first-order valence-electron chi connectivity index (χ1n) is 3.17. The molecule has 0 aliphatic heterocycles. The molecule has 1 nitrogen and oxygen atoms in total. The fourth-order valence-electron chi connectivity index (χ4n) is 0.796. The van der Waals surface area contributed by atoms with Gasteiger partial charge in [0.25, 0.3) is 0 Å². The first-order valence-corrected chi connectivity index (χ1v) is 4.34. The van der Waals surface area contributed by atoms with Gasteiger partial charge in [0.2, 0.25) is 0 Å². The van der Waals surface area contributed by atoms with Crippen LogP contribution in [0.2, 0.25) is 5.02 Å². The molecular formula is C8H8BrClO. The van der Waals surface area contributed by atoms with E-state index in [1.807, 2.05) is 18.2 Å². The highest BCUT2D eigenvalue weighted by Crippen LogP contribution is 2.23. The number of methoxy groups -OCH3 is 1. The van der Waals surface area contributed by atoms with Gasteiger partial charge in [0.15, 0.2) is 0 Å². The van der Waals surface area contributed by atoms with Gasteiger partial charge in [-0.25, -0.2) is 0 Å². The SMILES string of the molecule is COCc1ccc(Br)c(Cl)c1. The summed E-state index contributed by atoms with van der Waals surface area (Å²) in [5, 5.41) is 0.722. The smallest absolute Gasteiger partial charge is 0.0713 e. The van der Waals surface area contributed by atoms with Crippen molar-refractivity contribution < 1.29 is 4.74 Å². The summed E-state index contributed by atoms with van der Waals surface area (Å²) in [6.07, 6.45) is 0. The van der Waals surface area contributed by atoms with Gasteiger partial charge in [0.05, 0.1) is 11.6 Å². The maximum absolute atomic E-state index is 5.85. The molecule has 0 bridgehead atoms. The number of hydrogen-bond acceptors (Lipinski definition) is 1. The molecule has 0 spiro atoms. The molecule has 0 atom stereocenters. The van der Waals surface area contributed by atoms with Crippen LogP contribution in [0.4, 0.5) is 0 Å². The Morgan fingerprint density at radius 1 is 1.55 bits per heavy atom. The van der Waals surface area contributed by atoms with Crippen molar-refractivity contribution >= 4 is 27.5 Å². The van der Waals surface area contributed by atoms with Crippen molar-refractivity contribution in [2.45, 2.75) is 6.61 Å². The van der Waals surface area contributed by atoms with Crippen LogP contribution >= 0.6 is 27.5 Å². The molecule has 0 saturated heterocycles. The lowest BCUT2D eigenvalue weighted by Crippen LogP contribution is -1.86. The third-order valence-corrected chi connectivity index (χ3v) is 2.53. The predicted molar refractivity (Wildman–Crippen MR) is 49.9 cm³/mol. The Labute approximate surface area is 79.4 Å². The molecule has 1 rings (SSSR count). The quantitative estimate of drug-likeness (QED) is 0.765. The minimum atomic E-state index is 0.604. The molecule has 0 aliphatic rings. The number of rotatable bonds is 2. The molecule has 0 saturated carbocycles. The standard InChI is InChI=1S/C8H8BrClO/c1-11-5-6-2-3-7(9)8(10)4-6/h2-4H,5H2,1H3. The van der Waals surface area contributed by atoms with Crippen molar-refractivity contribution in [3.05, 3.63) is 33.3 Å². The zero-order chi connectivity index (χ0) is 8.27. The van der Waals surface area contributed by atoms with Crippen molar-refractivity contribution in [3.63, 3.8) is 0 Å². The molecule has 0 N–H and O–H groups in total. The lowest BCUT2D eigenvalue weighted by atomic mass is 10.2. The van der Waals surface area contributed by atoms with Crippen LogP contribution in [0.25, 0.3) is 0 Å². The van der Waals surface area contributed by atoms with E-state index in [-0.39, 0.29) is 0 Å². The zero-order valence-electron chi connectivity index (χ0n) is 6.10. The van der Waals surface area contributed by atoms with Gasteiger partial charge in [0, 0.05) is 11.6 Å². The van der Waals surface area contributed by atoms with Crippen molar-refractivity contribution in [1.29, 1.82) is 0 Å². The van der Waals surface area contributed by atoms with Gasteiger partial charge in [-0.3, -0.25) is 0 Å². The largest absolute Gasteiger partial charge is 0.380 e. The normalized spacial score (nSPS) is 10.1. The monoisotopic (exact) mass is 234 g/mol. The van der Waals surface area contributed by atoms with Gasteiger partial charge >= 0.3 is 0 Å². The molecule has 0 unspecified atom stereocenters. The summed E-state index contributed by atoms with van der Waals surface area (Å²) in [7, 11) is 1.66. The Balaban J connectivity index is 2.86. The minimum absolute atomic E-state index is 0.604. The second kappa shape index (κ2) is 4.10. The second-order valence-electron chi connectivity index (χ2n) is 2.18. The molecule has 0 fully saturated rings. The van der Waals surface area contributed by atoms with Gasteiger partial charge in [-0.15, -0.1) is 0 Å². The van der Waals surface area contributed by atoms with Crippen LogP contribution in [0.1, 0.15) is 5.56 Å². The molecule has 3 heteroatoms. The molecule has 60 valence electrons. The van der Waals surface area contributed by atoms with Crippen LogP contribution in [0.3, 0.4) is 0 Å². The molecule has 11 heavy (non-hydrogen) atoms. The highest BCUT2D eigenvalue weighted by molar-refractivity contribution is 9.10. The van der Waals surface area contributed by atoms with Crippen LogP contribution in [0.5, 0.6) is 0 Å². The maximum Gasteiger partial charge on any atom is 0.0713 e. The number of ether oxygens (including phenoxy) is 1. The molecule has 0 heterocycles. The van der Waals surface area contributed by atoms with Crippen molar-refractivity contribution in [3.8, 4) is 0 Å². The van der Waals surface area contributed by atoms with E-state index >= 15 is 0 Å². The van der Waals surface area contributed by atoms with Crippen LogP contribution in [0.15, 0.2) is 22.7 Å². The van der Waals surface area contributed by atoms with E-state index in [0.717, 1.165) is 15.1 Å². The predicted octanol–water partition coefficient (Wildman–Crippen LogP) is 3.25. The summed E-state index contributed by atoms with van der Waals surface area (Å²) in [6, 6.07) is 5.77. The fraction of sp³-hybridized carbons (Fsp3) is 0.250. The third kappa shape index (κ3) is 2.47. The molecule has 0 aliphatic carbocycles. The Kier molecular flexibility index (Phi) is 3.37. The van der Waals surface area contributed by atoms with E-state index < -0.39 is 0 Å². The van der Waals surface area contributed by atoms with Crippen molar-refractivity contribution in [2.75, 3.05) is 7.11 Å². The molecule has 1 aromatic carbocycles. The maximum atomic E-state index is 5.85. The van der Waals surface area contributed by atoms with E-state index in [9.17, 15) is 0 Å². The molecule has 0 aromatic heterocycles. The highest BCUT2D eigenvalue weighted by Gasteiger charge is 1.97. The van der Waals surface area contributed by atoms with Crippen LogP contribution in [0, 0.1) is 0 Å². The summed E-state index contributed by atoms with van der Waals surface area (Å²) in [5.74, 6) is 0. The second-order valence-corrected chi connectivity index (χ2v) is 3.44. The Hall–Kier alpha value is -0.0500. The van der Waals surface area contributed by atoms with Gasteiger partial charge < -0.3 is 4.74 Å². The fourth-order valence-corrected chi connectivity index (χ4v) is 1.25. The molecule has 0 amide bonds. The van der Waals surface area contributed by atoms with E-state index in [2.05, 4.69) is 15.9 Å². The number of halogens is 2. The van der Waals surface area contributed by atoms with Gasteiger partial charge in [-0.2, -0.15) is 0 Å². The Bertz CT molecular complexity index is 250. The Morgan fingerprint density at radius 2 is 2.27 bits per heavy atom. The lowest BCUT2D eigenvalue weighted by molar-refractivity contribution is 0.185. The first kappa shape index (κ1) is 9.04. The summed E-state index contributed by atoms with van der Waals surface area (Å²) >= 11 is 9.15. The van der Waals surface area contributed by atoms with Crippen LogP contribution < -0.4 is 0 Å². The van der Waals surface area contributed by atoms with E-state index in [4.69, 9.17) is 16.3 Å². The van der Waals surface area contributed by atoms with E-state index in [1.165, 1.54) is 0 Å². The summed E-state index contributed by atoms with van der Waals surface area (Å²) < 4.78 is 5.86. The highest BCUT2D eigenvalue weighted by atomic mass is 79.9. The molecule has 1 aromatic rings. The van der Waals surface area contributed by atoms with E-state index in [0.29, 0.717) is 6.61 Å². The average molecular weight is 236 g/mol. The number of hydrogen-bond donors (Lipinski definition) is 0. The van der Waals surface area contributed by atoms with Crippen LogP contribution in [-0.4, -0.2) is 7.11 Å². The Morgan fingerprint density at radius 3 is 2.82 bits per heavy atom. The average Bonchev–Trinajstić information content (AvgIpc) is 1.98. The topological polar surface area (TPSA) is 9.23 Å².